The average molecular weight is 94.5 g/mol. The summed E-state index contributed by atoms with van der Waals surface area (Å²) in [6, 6.07) is 0. The largest absolute Gasteiger partial charge is 0.518 e. The highest BCUT2D eigenvalue weighted by Crippen LogP contribution is 1.24. The smallest absolute Gasteiger partial charge is 0.368 e. The third-order valence-corrected chi connectivity index (χ3v) is 0. The van der Waals surface area contributed by atoms with Gasteiger partial charge in [-0.2, -0.15) is 0 Å². The van der Waals surface area contributed by atoms with Crippen molar-refractivity contribution in [2.45, 2.75) is 0 Å². The summed E-state index contributed by atoms with van der Waals surface area (Å²) in [6.07, 6.45) is 0. The van der Waals surface area contributed by atoms with Crippen LogP contribution >= 0.6 is 12.4 Å². The molecule has 0 aliphatic rings. The van der Waals surface area contributed by atoms with Crippen molar-refractivity contribution in [3.05, 3.63) is 0 Å². The zero-order chi connectivity index (χ0) is 2.71. The fourth-order valence-electron chi connectivity index (χ4n) is 0. The first-order valence-electron chi connectivity index (χ1n) is 0.644. The molecule has 0 aromatic heterocycles. The Hall–Kier alpha value is 0.782. The van der Waals surface area contributed by atoms with Crippen molar-refractivity contribution in [2.75, 3.05) is 7.11 Å². The summed E-state index contributed by atoms with van der Waals surface area (Å²) < 4.78 is 4.17. The molecular formula is CH4AlClO. The molecule has 0 rings (SSSR count). The Labute approximate surface area is 40.5 Å². The van der Waals surface area contributed by atoms with Crippen molar-refractivity contribution in [1.29, 1.82) is 0 Å². The third-order valence-electron chi connectivity index (χ3n) is 0. The molecule has 0 saturated heterocycles. The van der Waals surface area contributed by atoms with Gasteiger partial charge >= 0.3 is 16.6 Å². The Morgan fingerprint density at radius 3 is 1.75 bits per heavy atom. The molecule has 0 aromatic rings. The van der Waals surface area contributed by atoms with Crippen molar-refractivity contribution >= 4 is 29.0 Å². The second kappa shape index (κ2) is 9.22. The van der Waals surface area contributed by atoms with Crippen LogP contribution in [-0.2, 0) is 3.79 Å². The summed E-state index contributed by atoms with van der Waals surface area (Å²) in [4.78, 5) is 0. The van der Waals surface area contributed by atoms with Crippen LogP contribution in [0.4, 0.5) is 0 Å². The Morgan fingerprint density at radius 2 is 1.75 bits per heavy atom. The molecule has 0 amide bonds. The Kier molecular flexibility index (Phi) is 20.4. The molecule has 0 N–H and O–H groups in total. The van der Waals surface area contributed by atoms with Gasteiger partial charge in [0.25, 0.3) is 0 Å². The van der Waals surface area contributed by atoms with Crippen molar-refractivity contribution in [1.82, 2.24) is 0 Å². The summed E-state index contributed by atoms with van der Waals surface area (Å²) in [6.45, 7) is 0. The Bertz CT molecular complexity index is 8.00. The lowest BCUT2D eigenvalue weighted by Gasteiger charge is -1.63. The van der Waals surface area contributed by atoms with Crippen molar-refractivity contribution in [3.63, 3.8) is 0 Å². The normalized spacial score (nSPS) is 4.25. The van der Waals surface area contributed by atoms with Crippen molar-refractivity contribution in [3.8, 4) is 0 Å². The van der Waals surface area contributed by atoms with Gasteiger partial charge in [0.1, 0.15) is 0 Å². The molecule has 2 radical (unpaired) electrons. The minimum Gasteiger partial charge on any atom is -0.518 e. The van der Waals surface area contributed by atoms with Gasteiger partial charge in [0.15, 0.2) is 0 Å². The molecule has 0 heterocycles. The van der Waals surface area contributed by atoms with Gasteiger partial charge in [-0.15, -0.1) is 12.4 Å². The molecule has 0 spiro atoms. The first-order valence-corrected chi connectivity index (χ1v) is 1.12. The lowest BCUT2D eigenvalue weighted by Crippen LogP contribution is -1.60. The van der Waals surface area contributed by atoms with E-state index in [4.69, 9.17) is 0 Å². The highest BCUT2D eigenvalue weighted by atomic mass is 35.5. The highest BCUT2D eigenvalue weighted by molar-refractivity contribution is 5.97. The highest BCUT2D eigenvalue weighted by Gasteiger charge is 1.31. The van der Waals surface area contributed by atoms with Gasteiger partial charge in [-0.05, 0) is 0 Å². The van der Waals surface area contributed by atoms with Crippen LogP contribution in [0.2, 0.25) is 0 Å². The predicted octanol–water partition coefficient (Wildman–Crippen LogP) is 0.138. The maximum Gasteiger partial charge on any atom is 0.368 e. The van der Waals surface area contributed by atoms with Gasteiger partial charge < -0.3 is 3.79 Å². The van der Waals surface area contributed by atoms with E-state index in [0.717, 1.165) is 0 Å². The van der Waals surface area contributed by atoms with E-state index in [1.807, 2.05) is 0 Å². The van der Waals surface area contributed by atoms with E-state index < -0.39 is 0 Å². The SMILES string of the molecule is C[O][Al].Cl. The molecule has 0 aromatic carbocycles. The molecule has 0 aliphatic carbocycles. The van der Waals surface area contributed by atoms with Crippen molar-refractivity contribution < 1.29 is 3.79 Å². The van der Waals surface area contributed by atoms with E-state index in [1.54, 1.807) is 7.11 Å². The second-order valence-electron chi connectivity index (χ2n) is 0.236. The first-order chi connectivity index (χ1) is 1.41. The lowest BCUT2D eigenvalue weighted by molar-refractivity contribution is 0.460. The predicted molar refractivity (Wildman–Crippen MR) is 20.0 cm³/mol. The van der Waals surface area contributed by atoms with E-state index in [1.165, 1.54) is 0 Å². The van der Waals surface area contributed by atoms with E-state index >= 15 is 0 Å². The number of rotatable bonds is 0. The second-order valence-corrected chi connectivity index (χ2v) is 0.707. The molecule has 4 heavy (non-hydrogen) atoms. The summed E-state index contributed by atoms with van der Waals surface area (Å²) >= 11 is 2.08. The summed E-state index contributed by atoms with van der Waals surface area (Å²) in [5.74, 6) is 0. The van der Waals surface area contributed by atoms with Gasteiger partial charge in [0.05, 0.1) is 0 Å². The number of halogens is 1. The van der Waals surface area contributed by atoms with Crippen LogP contribution in [0.3, 0.4) is 0 Å². The van der Waals surface area contributed by atoms with Crippen molar-refractivity contribution in [2.24, 2.45) is 0 Å². The molecule has 0 aliphatic heterocycles. The van der Waals surface area contributed by atoms with Crippen LogP contribution < -0.4 is 0 Å². The molecule has 0 unspecified atom stereocenters. The molecule has 0 fully saturated rings. The maximum absolute atomic E-state index is 4.17. The summed E-state index contributed by atoms with van der Waals surface area (Å²) in [7, 11) is 1.59. The lowest BCUT2D eigenvalue weighted by atomic mass is 11.8. The molecular weight excluding hydrogens is 90.4 g/mol. The topological polar surface area (TPSA) is 9.23 Å². The fourth-order valence-corrected chi connectivity index (χ4v) is 0. The molecule has 24 valence electrons. The van der Waals surface area contributed by atoms with Gasteiger partial charge in [-0.25, -0.2) is 0 Å². The molecule has 1 nitrogen and oxygen atoms in total. The monoisotopic (exact) mass is 94.0 g/mol. The zero-order valence-corrected chi connectivity index (χ0v) is 4.37. The molecule has 0 bridgehead atoms. The quantitative estimate of drug-likeness (QED) is 0.388. The third kappa shape index (κ3) is 14.4. The van der Waals surface area contributed by atoms with Crippen LogP contribution in [0.1, 0.15) is 0 Å². The maximum atomic E-state index is 4.17. The zero-order valence-electron chi connectivity index (χ0n) is 2.39. The standard InChI is InChI=1S/CH3O.Al.ClH/c1-2;;/h1H3;;1H/q-1;+1;. The van der Waals surface area contributed by atoms with E-state index in [2.05, 4.69) is 20.4 Å². The van der Waals surface area contributed by atoms with Crippen LogP contribution in [0.5, 0.6) is 0 Å². The minimum atomic E-state index is 0. The molecule has 0 saturated carbocycles. The van der Waals surface area contributed by atoms with Gasteiger partial charge in [0, 0.05) is 7.11 Å². The van der Waals surface area contributed by atoms with Crippen LogP contribution in [0.25, 0.3) is 0 Å². The fraction of sp³-hybridized carbons (Fsp3) is 1.00. The molecule has 3 heteroatoms. The van der Waals surface area contributed by atoms with Gasteiger partial charge in [-0.1, -0.05) is 0 Å². The van der Waals surface area contributed by atoms with Gasteiger partial charge in [0.2, 0.25) is 0 Å². The Morgan fingerprint density at radius 1 is 1.75 bits per heavy atom. The summed E-state index contributed by atoms with van der Waals surface area (Å²) in [5.41, 5.74) is 0. The number of hydrogen-bond donors (Lipinski definition) is 0. The van der Waals surface area contributed by atoms with Crippen LogP contribution in [0, 0.1) is 0 Å². The average Bonchev–Trinajstić information content (AvgIpc) is 0.918. The first kappa shape index (κ1) is 8.84. The molecule has 0 atom stereocenters. The van der Waals surface area contributed by atoms with Crippen LogP contribution in [-0.4, -0.2) is 23.7 Å². The summed E-state index contributed by atoms with van der Waals surface area (Å²) in [5, 5.41) is 0. The Balaban J connectivity index is 0. The number of hydrogen-bond acceptors (Lipinski definition) is 1. The van der Waals surface area contributed by atoms with E-state index in [-0.39, 0.29) is 12.4 Å². The van der Waals surface area contributed by atoms with Gasteiger partial charge in [-0.3, -0.25) is 0 Å². The minimum absolute atomic E-state index is 0. The van der Waals surface area contributed by atoms with E-state index in [9.17, 15) is 0 Å². The van der Waals surface area contributed by atoms with Crippen LogP contribution in [0.15, 0.2) is 0 Å². The van der Waals surface area contributed by atoms with E-state index in [0.29, 0.717) is 0 Å².